The van der Waals surface area contributed by atoms with Crippen LogP contribution in [0.25, 0.3) is 44.2 Å². The second-order valence-corrected chi connectivity index (χ2v) is 17.2. The van der Waals surface area contributed by atoms with Gasteiger partial charge in [-0.3, -0.25) is 9.59 Å². The van der Waals surface area contributed by atoms with Crippen LogP contribution in [0.4, 0.5) is 9.59 Å². The fraction of sp³-hybridized carbons (Fsp3) is 0.362. The zero-order valence-electron chi connectivity index (χ0n) is 35.0. The zero-order valence-corrected chi connectivity index (χ0v) is 35.7. The third-order valence-corrected chi connectivity index (χ3v) is 13.1. The maximum atomic E-state index is 14.1. The highest BCUT2D eigenvalue weighted by atomic mass is 35.5. The monoisotopic (exact) mass is 856 g/mol. The van der Waals surface area contributed by atoms with Crippen LogP contribution in [0.3, 0.4) is 0 Å². The van der Waals surface area contributed by atoms with Crippen molar-refractivity contribution in [2.75, 3.05) is 20.8 Å². The highest BCUT2D eigenvalue weighted by Crippen LogP contribution is 2.51. The summed E-state index contributed by atoms with van der Waals surface area (Å²) in [6.45, 7) is 4.36. The number of nitrogens with one attached hydrogen (secondary N) is 4. The Morgan fingerprint density at radius 2 is 1.52 bits per heavy atom. The van der Waals surface area contributed by atoms with Crippen molar-refractivity contribution in [3.05, 3.63) is 107 Å². The molecule has 9 rings (SSSR count). The number of carbonyl (C=O) groups excluding carboxylic acids is 4. The number of ether oxygens (including phenoxy) is 2. The lowest BCUT2D eigenvalue weighted by Crippen LogP contribution is -2.54. The third-order valence-electron chi connectivity index (χ3n) is 12.9. The Kier molecular flexibility index (Phi) is 11.1. The summed E-state index contributed by atoms with van der Waals surface area (Å²) < 4.78 is 9.68. The lowest BCUT2D eigenvalue weighted by molar-refractivity contribution is -0.139. The van der Waals surface area contributed by atoms with Gasteiger partial charge in [0.15, 0.2) is 5.15 Å². The van der Waals surface area contributed by atoms with Gasteiger partial charge in [-0.25, -0.2) is 19.6 Å². The highest BCUT2D eigenvalue weighted by Gasteiger charge is 2.51. The molecule has 1 saturated carbocycles. The molecule has 6 aromatic rings. The topological polar surface area (TPSA) is 175 Å². The Hall–Kier alpha value is -6.41. The molecular weight excluding hydrogens is 808 g/mol. The van der Waals surface area contributed by atoms with Crippen molar-refractivity contribution >= 4 is 57.4 Å². The Labute approximate surface area is 363 Å². The normalized spacial score (nSPS) is 20.5. The number of hydrogen-bond donors (Lipinski definition) is 4. The average Bonchev–Trinajstić information content (AvgIpc) is 4.15. The van der Waals surface area contributed by atoms with E-state index in [0.717, 1.165) is 70.6 Å². The minimum absolute atomic E-state index is 0.0722. The average molecular weight is 857 g/mol. The number of methoxy groups -OCH3 is 2. The predicted molar refractivity (Wildman–Crippen MR) is 235 cm³/mol. The molecule has 2 saturated heterocycles. The summed E-state index contributed by atoms with van der Waals surface area (Å²) in [5.41, 5.74) is 5.99. The first-order chi connectivity index (χ1) is 30.0. The number of nitrogens with zero attached hydrogens (tertiary/aromatic N) is 4. The minimum atomic E-state index is -0.895. The number of imidazole rings is 2. The van der Waals surface area contributed by atoms with Crippen molar-refractivity contribution in [3.8, 4) is 22.4 Å². The fourth-order valence-corrected chi connectivity index (χ4v) is 10.1. The Bertz CT molecular complexity index is 2660. The number of amides is 4. The van der Waals surface area contributed by atoms with Crippen LogP contribution in [0.15, 0.2) is 84.9 Å². The lowest BCUT2D eigenvalue weighted by Gasteiger charge is -2.37. The van der Waals surface area contributed by atoms with Crippen LogP contribution in [0.5, 0.6) is 0 Å². The Balaban J connectivity index is 0.941. The van der Waals surface area contributed by atoms with Crippen molar-refractivity contribution in [3.63, 3.8) is 0 Å². The third kappa shape index (κ3) is 7.50. The largest absolute Gasteiger partial charge is 0.453 e. The molecule has 62 heavy (non-hydrogen) atoms. The van der Waals surface area contributed by atoms with Gasteiger partial charge in [0, 0.05) is 23.5 Å². The van der Waals surface area contributed by atoms with Crippen molar-refractivity contribution in [1.82, 2.24) is 40.4 Å². The van der Waals surface area contributed by atoms with E-state index in [1.165, 1.54) is 14.2 Å². The lowest BCUT2D eigenvalue weighted by atomic mass is 9.95. The van der Waals surface area contributed by atoms with Crippen molar-refractivity contribution in [2.24, 2.45) is 11.8 Å². The van der Waals surface area contributed by atoms with Gasteiger partial charge in [0.2, 0.25) is 5.91 Å². The molecule has 320 valence electrons. The first-order valence-corrected chi connectivity index (χ1v) is 21.6. The van der Waals surface area contributed by atoms with Gasteiger partial charge in [-0.05, 0) is 78.1 Å². The standard InChI is InChI=1S/C47H49ClN8O6/c1-25(2)36(52-46(59)61-3)45(58)56-32-19-16-31(24-32)40(56)43-50-37(41(48)54-43)28-14-12-26(13-15-28)29-17-20-33-30(23-29)18-21-34-39(33)51-42(49-34)35-11-8-22-55(35)44(57)38(53-47(60)62-4)27-9-6-5-7-10-27/h5-7,9-10,12-15,17-18,20-21,23,25,31-32,35-36,38,40H,8,11,16,19,22,24H2,1-4H3,(H,49,51)(H,50,54)(H,52,59)(H,53,60)/t31-,32+,35-,36-,38+,40-/m0/s1. The molecule has 6 atom stereocenters. The first-order valence-electron chi connectivity index (χ1n) is 21.2. The number of alkyl carbamates (subject to hydrolysis) is 2. The van der Waals surface area contributed by atoms with Gasteiger partial charge in [0.25, 0.3) is 5.91 Å². The molecule has 4 aromatic carbocycles. The van der Waals surface area contributed by atoms with Crippen LogP contribution >= 0.6 is 11.6 Å². The Morgan fingerprint density at radius 1 is 0.790 bits per heavy atom. The number of rotatable bonds is 10. The molecule has 0 radical (unpaired) electrons. The fourth-order valence-electron chi connectivity index (χ4n) is 9.80. The molecule has 3 aliphatic rings. The van der Waals surface area contributed by atoms with E-state index in [0.29, 0.717) is 34.6 Å². The van der Waals surface area contributed by atoms with Gasteiger partial charge in [-0.2, -0.15) is 0 Å². The highest BCUT2D eigenvalue weighted by molar-refractivity contribution is 6.32. The second kappa shape index (κ2) is 16.8. The quantitative estimate of drug-likeness (QED) is 0.106. The first kappa shape index (κ1) is 41.0. The number of halogens is 1. The molecule has 0 unspecified atom stereocenters. The van der Waals surface area contributed by atoms with E-state index >= 15 is 0 Å². The van der Waals surface area contributed by atoms with E-state index < -0.39 is 24.3 Å². The predicted octanol–water partition coefficient (Wildman–Crippen LogP) is 8.62. The molecule has 15 heteroatoms. The summed E-state index contributed by atoms with van der Waals surface area (Å²) in [6, 6.07) is 25.6. The molecule has 14 nitrogen and oxygen atoms in total. The minimum Gasteiger partial charge on any atom is -0.453 e. The number of hydrogen-bond acceptors (Lipinski definition) is 8. The van der Waals surface area contributed by atoms with Crippen molar-refractivity contribution in [1.29, 1.82) is 0 Å². The maximum absolute atomic E-state index is 14.1. The summed E-state index contributed by atoms with van der Waals surface area (Å²) in [7, 11) is 2.58. The summed E-state index contributed by atoms with van der Waals surface area (Å²) in [6.07, 6.45) is 3.03. The van der Waals surface area contributed by atoms with Crippen LogP contribution in [0, 0.1) is 11.8 Å². The van der Waals surface area contributed by atoms with Crippen molar-refractivity contribution < 1.29 is 28.7 Å². The number of H-pyrrole nitrogens is 2. The number of aromatic nitrogens is 4. The van der Waals surface area contributed by atoms with E-state index in [1.54, 1.807) is 4.90 Å². The molecule has 2 bridgehead atoms. The van der Waals surface area contributed by atoms with Gasteiger partial charge in [-0.1, -0.05) is 98.2 Å². The molecule has 1 aliphatic carbocycles. The molecule has 2 aliphatic heterocycles. The summed E-state index contributed by atoms with van der Waals surface area (Å²) in [4.78, 5) is 73.1. The number of likely N-dealkylation sites (tertiary alicyclic amines) is 2. The van der Waals surface area contributed by atoms with Crippen LogP contribution in [0.2, 0.25) is 5.15 Å². The smallest absolute Gasteiger partial charge is 0.407 e. The van der Waals surface area contributed by atoms with Crippen LogP contribution in [-0.4, -0.2) is 86.6 Å². The summed E-state index contributed by atoms with van der Waals surface area (Å²) >= 11 is 6.82. The summed E-state index contributed by atoms with van der Waals surface area (Å²) in [5.74, 6) is 1.11. The molecule has 0 spiro atoms. The molecule has 2 aromatic heterocycles. The molecule has 3 fully saturated rings. The van der Waals surface area contributed by atoms with Crippen LogP contribution < -0.4 is 10.6 Å². The van der Waals surface area contributed by atoms with Gasteiger partial charge >= 0.3 is 12.2 Å². The molecule has 4 N–H and O–H groups in total. The number of carbonyl (C=O) groups is 4. The number of fused-ring (bicyclic) bond motifs is 5. The number of piperidine rings is 1. The number of aromatic amines is 2. The molecular formula is C47H49ClN8O6. The Morgan fingerprint density at radius 3 is 2.26 bits per heavy atom. The van der Waals surface area contributed by atoms with E-state index in [1.807, 2.05) is 67.3 Å². The van der Waals surface area contributed by atoms with Crippen LogP contribution in [0.1, 0.15) is 81.3 Å². The van der Waals surface area contributed by atoms with E-state index in [9.17, 15) is 19.2 Å². The van der Waals surface area contributed by atoms with Crippen LogP contribution in [-0.2, 0) is 19.1 Å². The maximum Gasteiger partial charge on any atom is 0.407 e. The van der Waals surface area contributed by atoms with Gasteiger partial charge in [0.05, 0.1) is 43.0 Å². The summed E-state index contributed by atoms with van der Waals surface area (Å²) in [5, 5.41) is 7.86. The number of benzene rings is 4. The van der Waals surface area contributed by atoms with E-state index in [-0.39, 0.29) is 41.8 Å². The second-order valence-electron chi connectivity index (χ2n) is 16.8. The van der Waals surface area contributed by atoms with Gasteiger partial charge < -0.3 is 39.9 Å². The molecule has 4 heterocycles. The van der Waals surface area contributed by atoms with Gasteiger partial charge in [0.1, 0.15) is 23.7 Å². The van der Waals surface area contributed by atoms with Gasteiger partial charge in [-0.15, -0.1) is 0 Å². The van der Waals surface area contributed by atoms with E-state index in [2.05, 4.69) is 57.0 Å². The SMILES string of the molecule is COC(=O)N[C@H](C(=O)N1[C@@H]2CC[C@@H](C2)[C@H]1c1nc(Cl)c(-c2ccc(-c3ccc4c(ccc5nc([C@@H]6CCCN6C(=O)[C@H](NC(=O)OC)c6ccccc6)[nH]c54)c3)cc2)[nH]1)C(C)C. The van der Waals surface area contributed by atoms with E-state index in [4.69, 9.17) is 31.0 Å². The molecule has 4 amide bonds. The van der Waals surface area contributed by atoms with Crippen molar-refractivity contribution in [2.45, 2.75) is 76.2 Å². The zero-order chi connectivity index (χ0) is 43.2.